The van der Waals surface area contributed by atoms with E-state index in [1.165, 1.54) is 12.8 Å². The van der Waals surface area contributed by atoms with Gasteiger partial charge in [-0.25, -0.2) is 4.79 Å². The van der Waals surface area contributed by atoms with Gasteiger partial charge in [0.15, 0.2) is 0 Å². The van der Waals surface area contributed by atoms with Gasteiger partial charge in [-0.2, -0.15) is 0 Å². The molecule has 1 aliphatic heterocycles. The van der Waals surface area contributed by atoms with E-state index < -0.39 is 6.10 Å². The van der Waals surface area contributed by atoms with Crippen molar-refractivity contribution >= 4 is 6.03 Å². The Hall–Kier alpha value is -1.60. The Bertz CT molecular complexity index is 504. The lowest BCUT2D eigenvalue weighted by atomic mass is 9.99. The third-order valence-electron chi connectivity index (χ3n) is 4.69. The lowest BCUT2D eigenvalue weighted by molar-refractivity contribution is 0.0920. The number of aryl methyl sites for hydroxylation is 2. The fraction of sp³-hybridized carbons (Fsp3) is 0.765. The van der Waals surface area contributed by atoms with Crippen LogP contribution in [0.5, 0.6) is 0 Å². The molecule has 1 saturated heterocycles. The Morgan fingerprint density at radius 2 is 2.08 bits per heavy atom. The Kier molecular flexibility index (Phi) is 7.05. The van der Waals surface area contributed by atoms with Crippen LogP contribution < -0.4 is 10.6 Å². The van der Waals surface area contributed by atoms with Gasteiger partial charge in [-0.1, -0.05) is 12.1 Å². The van der Waals surface area contributed by atoms with Crippen LogP contribution in [0.25, 0.3) is 0 Å². The van der Waals surface area contributed by atoms with Crippen molar-refractivity contribution in [1.82, 2.24) is 20.7 Å². The zero-order valence-corrected chi connectivity index (χ0v) is 15.0. The number of piperidine rings is 1. The number of carbonyl (C=O) groups is 1. The monoisotopic (exact) mass is 338 g/mol. The molecule has 24 heavy (non-hydrogen) atoms. The van der Waals surface area contributed by atoms with Crippen molar-refractivity contribution in [3.63, 3.8) is 0 Å². The number of likely N-dealkylation sites (tertiary alicyclic amines) is 1. The minimum Gasteiger partial charge on any atom is -0.390 e. The lowest BCUT2D eigenvalue weighted by Crippen LogP contribution is -2.45. The van der Waals surface area contributed by atoms with Gasteiger partial charge in [-0.15, -0.1) is 0 Å². The number of β-amino-alcohol motifs (C(OH)–C–C–N with tert-alkyl or cyclic N) is 1. The molecule has 1 aromatic rings. The fourth-order valence-electron chi connectivity index (χ4n) is 3.04. The van der Waals surface area contributed by atoms with E-state index in [1.54, 1.807) is 0 Å². The number of aliphatic hydroxyl groups is 1. The highest BCUT2D eigenvalue weighted by Gasteiger charge is 2.18. The number of amides is 2. The summed E-state index contributed by atoms with van der Waals surface area (Å²) in [5.41, 5.74) is 1.90. The Morgan fingerprint density at radius 1 is 1.38 bits per heavy atom. The second-order valence-electron chi connectivity index (χ2n) is 6.83. The third-order valence-corrected chi connectivity index (χ3v) is 4.69. The molecule has 136 valence electrons. The van der Waals surface area contributed by atoms with Crippen LogP contribution in [-0.4, -0.2) is 60.0 Å². The smallest absolute Gasteiger partial charge is 0.314 e. The van der Waals surface area contributed by atoms with Crippen molar-refractivity contribution in [2.75, 3.05) is 32.7 Å². The standard InChI is InChI=1S/C17H30N4O3/c1-12-5-8-21(9-6-12)11-15(22)10-19-17(23)18-7-4-16-13(2)20-24-14(16)3/h12,15,22H,4-11H2,1-3H3,(H2,18,19,23). The number of rotatable bonds is 7. The first-order chi connectivity index (χ1) is 11.5. The highest BCUT2D eigenvalue weighted by molar-refractivity contribution is 5.73. The second kappa shape index (κ2) is 9.03. The molecule has 1 aromatic heterocycles. The average molecular weight is 338 g/mol. The van der Waals surface area contributed by atoms with Crippen molar-refractivity contribution in [2.45, 2.75) is 46.1 Å². The number of nitrogens with one attached hydrogen (secondary N) is 2. The molecule has 2 rings (SSSR count). The summed E-state index contributed by atoms with van der Waals surface area (Å²) in [6.07, 6.45) is 2.51. The van der Waals surface area contributed by atoms with E-state index in [-0.39, 0.29) is 12.6 Å². The highest BCUT2D eigenvalue weighted by atomic mass is 16.5. The Balaban J connectivity index is 1.59. The largest absolute Gasteiger partial charge is 0.390 e. The SMILES string of the molecule is Cc1noc(C)c1CCNC(=O)NCC(O)CN1CCC(C)CC1. The van der Waals surface area contributed by atoms with Crippen LogP contribution in [0.15, 0.2) is 4.52 Å². The van der Waals surface area contributed by atoms with Gasteiger partial charge in [-0.3, -0.25) is 0 Å². The maximum absolute atomic E-state index is 11.8. The zero-order valence-electron chi connectivity index (χ0n) is 15.0. The first kappa shape index (κ1) is 18.7. The zero-order chi connectivity index (χ0) is 17.5. The summed E-state index contributed by atoms with van der Waals surface area (Å²) >= 11 is 0. The molecule has 1 atom stereocenters. The summed E-state index contributed by atoms with van der Waals surface area (Å²) in [5, 5.41) is 19.5. The molecule has 2 heterocycles. The molecule has 3 N–H and O–H groups in total. The normalized spacial score (nSPS) is 17.7. The van der Waals surface area contributed by atoms with Crippen molar-refractivity contribution < 1.29 is 14.4 Å². The van der Waals surface area contributed by atoms with E-state index in [0.717, 1.165) is 36.0 Å². The van der Waals surface area contributed by atoms with Gasteiger partial charge >= 0.3 is 6.03 Å². The van der Waals surface area contributed by atoms with Gasteiger partial charge in [0.2, 0.25) is 0 Å². The Labute approximate surface area is 143 Å². The maximum Gasteiger partial charge on any atom is 0.314 e. The van der Waals surface area contributed by atoms with Crippen LogP contribution in [0.2, 0.25) is 0 Å². The maximum atomic E-state index is 11.8. The van der Waals surface area contributed by atoms with Gasteiger partial charge in [0.05, 0.1) is 11.8 Å². The molecule has 1 unspecified atom stereocenters. The Morgan fingerprint density at radius 3 is 2.71 bits per heavy atom. The molecule has 0 bridgehead atoms. The number of aromatic nitrogens is 1. The van der Waals surface area contributed by atoms with Crippen molar-refractivity contribution in [3.05, 3.63) is 17.0 Å². The number of aliphatic hydroxyl groups excluding tert-OH is 1. The van der Waals surface area contributed by atoms with E-state index in [9.17, 15) is 9.90 Å². The van der Waals surface area contributed by atoms with Crippen LogP contribution in [0.4, 0.5) is 4.79 Å². The first-order valence-corrected chi connectivity index (χ1v) is 8.79. The summed E-state index contributed by atoms with van der Waals surface area (Å²) in [4.78, 5) is 14.1. The van der Waals surface area contributed by atoms with Gasteiger partial charge in [0, 0.05) is 25.2 Å². The quantitative estimate of drug-likeness (QED) is 0.695. The van der Waals surface area contributed by atoms with E-state index in [1.807, 2.05) is 13.8 Å². The summed E-state index contributed by atoms with van der Waals surface area (Å²) in [5.74, 6) is 1.57. The fourth-order valence-corrected chi connectivity index (χ4v) is 3.04. The topological polar surface area (TPSA) is 90.6 Å². The average Bonchev–Trinajstić information content (AvgIpc) is 2.87. The van der Waals surface area contributed by atoms with Crippen molar-refractivity contribution in [2.24, 2.45) is 5.92 Å². The molecule has 7 nitrogen and oxygen atoms in total. The minimum atomic E-state index is -0.535. The summed E-state index contributed by atoms with van der Waals surface area (Å²) in [6.45, 7) is 9.48. The van der Waals surface area contributed by atoms with Crippen LogP contribution in [0, 0.1) is 19.8 Å². The van der Waals surface area contributed by atoms with E-state index in [2.05, 4.69) is 27.6 Å². The van der Waals surface area contributed by atoms with Gasteiger partial charge in [0.25, 0.3) is 0 Å². The van der Waals surface area contributed by atoms with Crippen LogP contribution in [-0.2, 0) is 6.42 Å². The summed E-state index contributed by atoms with van der Waals surface area (Å²) in [7, 11) is 0. The van der Waals surface area contributed by atoms with E-state index >= 15 is 0 Å². The molecule has 0 aliphatic carbocycles. The summed E-state index contributed by atoms with van der Waals surface area (Å²) in [6, 6.07) is -0.256. The highest BCUT2D eigenvalue weighted by Crippen LogP contribution is 2.15. The molecule has 1 fully saturated rings. The molecule has 7 heteroatoms. The van der Waals surface area contributed by atoms with Gasteiger partial charge < -0.3 is 25.2 Å². The van der Waals surface area contributed by atoms with Crippen LogP contribution >= 0.6 is 0 Å². The molecule has 0 saturated carbocycles. The molecule has 2 amide bonds. The number of nitrogens with zero attached hydrogens (tertiary/aromatic N) is 2. The summed E-state index contributed by atoms with van der Waals surface area (Å²) < 4.78 is 5.09. The second-order valence-corrected chi connectivity index (χ2v) is 6.83. The molecular formula is C17H30N4O3. The van der Waals surface area contributed by atoms with Crippen LogP contribution in [0.1, 0.15) is 36.8 Å². The predicted molar refractivity (Wildman–Crippen MR) is 91.9 cm³/mol. The number of hydrogen-bond donors (Lipinski definition) is 3. The van der Waals surface area contributed by atoms with Gasteiger partial charge in [0.1, 0.15) is 5.76 Å². The molecule has 0 aromatic carbocycles. The number of urea groups is 1. The lowest BCUT2D eigenvalue weighted by Gasteiger charge is -2.31. The van der Waals surface area contributed by atoms with E-state index in [0.29, 0.717) is 19.5 Å². The number of carbonyl (C=O) groups excluding carboxylic acids is 1. The third kappa shape index (κ3) is 5.79. The first-order valence-electron chi connectivity index (χ1n) is 8.79. The van der Waals surface area contributed by atoms with Crippen LogP contribution in [0.3, 0.4) is 0 Å². The van der Waals surface area contributed by atoms with Crippen molar-refractivity contribution in [1.29, 1.82) is 0 Å². The molecule has 1 aliphatic rings. The minimum absolute atomic E-state index is 0.256. The predicted octanol–water partition coefficient (Wildman–Crippen LogP) is 1.23. The molecular weight excluding hydrogens is 308 g/mol. The molecule has 0 radical (unpaired) electrons. The molecule has 0 spiro atoms. The van der Waals surface area contributed by atoms with Crippen molar-refractivity contribution in [3.8, 4) is 0 Å². The van der Waals surface area contributed by atoms with E-state index in [4.69, 9.17) is 4.52 Å². The van der Waals surface area contributed by atoms with Gasteiger partial charge in [-0.05, 0) is 52.1 Å². The number of hydrogen-bond acceptors (Lipinski definition) is 5.